The average Bonchev–Trinajstić information content (AvgIpc) is 2.88. The Bertz CT molecular complexity index is 659. The summed E-state index contributed by atoms with van der Waals surface area (Å²) >= 11 is 7.12. The van der Waals surface area contributed by atoms with Crippen molar-refractivity contribution in [1.29, 1.82) is 0 Å². The molecule has 0 bridgehead atoms. The number of hydrogen-bond donors (Lipinski definition) is 1. The predicted molar refractivity (Wildman–Crippen MR) is 87.3 cm³/mol. The number of hydrogen-bond acceptors (Lipinski definition) is 3. The molecule has 0 aliphatic carbocycles. The van der Waals surface area contributed by atoms with E-state index >= 15 is 0 Å². The lowest BCUT2D eigenvalue weighted by Gasteiger charge is -2.12. The summed E-state index contributed by atoms with van der Waals surface area (Å²) < 4.78 is 7.83. The van der Waals surface area contributed by atoms with E-state index in [1.807, 2.05) is 12.3 Å². The van der Waals surface area contributed by atoms with Gasteiger partial charge in [-0.15, -0.1) is 0 Å². The highest BCUT2D eigenvalue weighted by atomic mass is 79.9. The molecule has 0 radical (unpaired) electrons. The maximum absolute atomic E-state index is 5.73. The van der Waals surface area contributed by atoms with E-state index < -0.39 is 0 Å². The smallest absolute Gasteiger partial charge is 0.140 e. The molecule has 3 rings (SSSR count). The number of pyridine rings is 1. The molecule has 0 unspecified atom stereocenters. The number of aromatic nitrogens is 1. The molecule has 1 aromatic heterocycles. The van der Waals surface area contributed by atoms with E-state index in [0.29, 0.717) is 6.54 Å². The van der Waals surface area contributed by atoms with Gasteiger partial charge in [-0.25, -0.2) is 4.98 Å². The normalized spacial score (nSPS) is 12.9. The second-order valence-corrected chi connectivity index (χ2v) is 6.50. The minimum absolute atomic E-state index is 0.691. The van der Waals surface area contributed by atoms with Crippen molar-refractivity contribution in [3.63, 3.8) is 0 Å². The van der Waals surface area contributed by atoms with Crippen LogP contribution in [0.3, 0.4) is 0 Å². The zero-order valence-electron chi connectivity index (χ0n) is 11.0. The molecule has 1 N–H and O–H groups in total. The largest absolute Gasteiger partial charge is 0.493 e. The monoisotopic (exact) mass is 396 g/mol. The summed E-state index contributed by atoms with van der Waals surface area (Å²) in [5.41, 5.74) is 3.59. The van der Waals surface area contributed by atoms with Gasteiger partial charge in [-0.2, -0.15) is 0 Å². The molecular weight excluding hydrogens is 384 g/mol. The summed E-state index contributed by atoms with van der Waals surface area (Å²) in [6.07, 6.45) is 2.79. The molecule has 104 valence electrons. The molecule has 2 aromatic rings. The molecule has 0 fully saturated rings. The Morgan fingerprint density at radius 1 is 1.35 bits per heavy atom. The first-order chi connectivity index (χ1) is 9.65. The maximum Gasteiger partial charge on any atom is 0.140 e. The molecule has 1 aliphatic heterocycles. The molecule has 20 heavy (non-hydrogen) atoms. The minimum Gasteiger partial charge on any atom is -0.493 e. The first kappa shape index (κ1) is 13.9. The summed E-state index contributed by atoms with van der Waals surface area (Å²) in [6.45, 7) is 3.51. The summed E-state index contributed by atoms with van der Waals surface area (Å²) in [5.74, 6) is 1.88. The van der Waals surface area contributed by atoms with Gasteiger partial charge in [0.1, 0.15) is 11.6 Å². The van der Waals surface area contributed by atoms with Gasteiger partial charge in [0.25, 0.3) is 0 Å². The first-order valence-electron chi connectivity index (χ1n) is 6.44. The van der Waals surface area contributed by atoms with Crippen molar-refractivity contribution in [1.82, 2.24) is 4.98 Å². The molecule has 0 amide bonds. The van der Waals surface area contributed by atoms with E-state index in [2.05, 4.69) is 61.2 Å². The van der Waals surface area contributed by atoms with Crippen molar-refractivity contribution in [2.45, 2.75) is 19.9 Å². The fraction of sp³-hybridized carbons (Fsp3) is 0.267. The summed E-state index contributed by atoms with van der Waals surface area (Å²) in [5, 5.41) is 3.37. The molecule has 2 heterocycles. The Kier molecular flexibility index (Phi) is 3.98. The summed E-state index contributed by atoms with van der Waals surface area (Å²) in [6, 6.07) is 6.21. The quantitative estimate of drug-likeness (QED) is 0.829. The highest BCUT2D eigenvalue weighted by Crippen LogP contribution is 2.33. The van der Waals surface area contributed by atoms with Gasteiger partial charge in [0.05, 0.1) is 11.1 Å². The Balaban J connectivity index is 1.84. The number of aryl methyl sites for hydroxylation is 1. The van der Waals surface area contributed by atoms with Gasteiger partial charge in [0, 0.05) is 29.2 Å². The Labute approximate surface area is 135 Å². The van der Waals surface area contributed by atoms with E-state index in [4.69, 9.17) is 4.74 Å². The predicted octanol–water partition coefficient (Wildman–Crippen LogP) is 4.46. The zero-order valence-corrected chi connectivity index (χ0v) is 14.2. The number of nitrogens with zero attached hydrogens (tertiary/aromatic N) is 1. The van der Waals surface area contributed by atoms with Gasteiger partial charge < -0.3 is 10.1 Å². The molecule has 1 aromatic carbocycles. The number of anilines is 1. The van der Waals surface area contributed by atoms with Crippen LogP contribution in [0.25, 0.3) is 0 Å². The van der Waals surface area contributed by atoms with Gasteiger partial charge in [-0.1, -0.05) is 15.9 Å². The highest BCUT2D eigenvalue weighted by molar-refractivity contribution is 9.11. The fourth-order valence-corrected chi connectivity index (χ4v) is 3.25. The number of ether oxygens (including phenoxy) is 1. The molecule has 3 nitrogen and oxygen atoms in total. The lowest BCUT2D eigenvalue weighted by atomic mass is 10.1. The molecule has 1 aliphatic rings. The van der Waals surface area contributed by atoms with Crippen molar-refractivity contribution < 1.29 is 4.74 Å². The van der Waals surface area contributed by atoms with Gasteiger partial charge in [-0.3, -0.25) is 0 Å². The minimum atomic E-state index is 0.691. The van der Waals surface area contributed by atoms with Crippen LogP contribution in [0.4, 0.5) is 5.82 Å². The number of halogens is 2. The first-order valence-corrected chi connectivity index (χ1v) is 8.03. The van der Waals surface area contributed by atoms with E-state index in [0.717, 1.165) is 39.1 Å². The highest BCUT2D eigenvalue weighted by Gasteiger charge is 2.17. The van der Waals surface area contributed by atoms with Crippen molar-refractivity contribution in [2.24, 2.45) is 0 Å². The molecule has 0 atom stereocenters. The lowest BCUT2D eigenvalue weighted by Crippen LogP contribution is -2.04. The van der Waals surface area contributed by atoms with Crippen LogP contribution < -0.4 is 10.1 Å². The number of benzene rings is 1. The number of nitrogens with one attached hydrogen (secondary N) is 1. The summed E-state index contributed by atoms with van der Waals surface area (Å²) in [4.78, 5) is 4.36. The van der Waals surface area contributed by atoms with Crippen LogP contribution in [0.1, 0.15) is 16.7 Å². The zero-order chi connectivity index (χ0) is 14.1. The third-order valence-electron chi connectivity index (χ3n) is 3.35. The molecular formula is C15H14Br2N2O. The third kappa shape index (κ3) is 2.69. The standard InChI is InChI=1S/C15H14Br2N2O/c1-9-2-4-18-15(13(9)17)19-8-11-7-12(16)6-10-3-5-20-14(10)11/h2,4,6-7H,3,5,8H2,1H3,(H,18,19). The molecule has 5 heteroatoms. The molecule has 0 spiro atoms. The van der Waals surface area contributed by atoms with Gasteiger partial charge in [0.2, 0.25) is 0 Å². The van der Waals surface area contributed by atoms with Crippen LogP contribution in [0.2, 0.25) is 0 Å². The van der Waals surface area contributed by atoms with Crippen molar-refractivity contribution in [2.75, 3.05) is 11.9 Å². The molecule has 0 saturated heterocycles. The van der Waals surface area contributed by atoms with Gasteiger partial charge in [0.15, 0.2) is 0 Å². The van der Waals surface area contributed by atoms with Crippen LogP contribution >= 0.6 is 31.9 Å². The van der Waals surface area contributed by atoms with Crippen LogP contribution in [-0.4, -0.2) is 11.6 Å². The number of rotatable bonds is 3. The second kappa shape index (κ2) is 5.74. The van der Waals surface area contributed by atoms with Crippen LogP contribution in [0.5, 0.6) is 5.75 Å². The fourth-order valence-electron chi connectivity index (χ4n) is 2.32. The van der Waals surface area contributed by atoms with Crippen molar-refractivity contribution in [3.8, 4) is 5.75 Å². The van der Waals surface area contributed by atoms with Gasteiger partial charge >= 0.3 is 0 Å². The SMILES string of the molecule is Cc1ccnc(NCc2cc(Br)cc3c2OCC3)c1Br. The lowest BCUT2D eigenvalue weighted by molar-refractivity contribution is 0.354. The topological polar surface area (TPSA) is 34.2 Å². The van der Waals surface area contributed by atoms with E-state index in [9.17, 15) is 0 Å². The Hall–Kier alpha value is -1.07. The van der Waals surface area contributed by atoms with Gasteiger partial charge in [-0.05, 0) is 52.2 Å². The molecule has 0 saturated carbocycles. The van der Waals surface area contributed by atoms with Crippen LogP contribution in [0, 0.1) is 6.92 Å². The number of fused-ring (bicyclic) bond motifs is 1. The van der Waals surface area contributed by atoms with Crippen molar-refractivity contribution in [3.05, 3.63) is 50.0 Å². The van der Waals surface area contributed by atoms with Crippen molar-refractivity contribution >= 4 is 37.7 Å². The maximum atomic E-state index is 5.73. The van der Waals surface area contributed by atoms with Crippen LogP contribution in [-0.2, 0) is 13.0 Å². The van der Waals surface area contributed by atoms with E-state index in [-0.39, 0.29) is 0 Å². The Morgan fingerprint density at radius 2 is 2.20 bits per heavy atom. The Morgan fingerprint density at radius 3 is 3.05 bits per heavy atom. The third-order valence-corrected chi connectivity index (χ3v) is 4.81. The second-order valence-electron chi connectivity index (χ2n) is 4.80. The summed E-state index contributed by atoms with van der Waals surface area (Å²) in [7, 11) is 0. The average molecular weight is 398 g/mol. The van der Waals surface area contributed by atoms with Crippen LogP contribution in [0.15, 0.2) is 33.3 Å². The van der Waals surface area contributed by atoms with E-state index in [1.54, 1.807) is 0 Å². The van der Waals surface area contributed by atoms with E-state index in [1.165, 1.54) is 11.1 Å².